The highest BCUT2D eigenvalue weighted by Crippen LogP contribution is 2.29. The van der Waals surface area contributed by atoms with Crippen LogP contribution in [0.5, 0.6) is 0 Å². The molecule has 2 aliphatic heterocycles. The van der Waals surface area contributed by atoms with Gasteiger partial charge in [0, 0.05) is 30.9 Å². The summed E-state index contributed by atoms with van der Waals surface area (Å²) >= 11 is 0. The first kappa shape index (κ1) is 18.2. The van der Waals surface area contributed by atoms with Crippen LogP contribution in [0.4, 0.5) is 5.69 Å². The summed E-state index contributed by atoms with van der Waals surface area (Å²) in [4.78, 5) is 14.7. The Morgan fingerprint density at radius 3 is 2.67 bits per heavy atom. The van der Waals surface area contributed by atoms with E-state index in [1.807, 2.05) is 24.3 Å². The summed E-state index contributed by atoms with van der Waals surface area (Å²) in [6.07, 6.45) is 2.60. The zero-order valence-corrected chi connectivity index (χ0v) is 15.7. The van der Waals surface area contributed by atoms with E-state index in [-0.39, 0.29) is 23.5 Å². The van der Waals surface area contributed by atoms with Crippen LogP contribution in [-0.2, 0) is 21.2 Å². The number of benzene rings is 2. The molecule has 27 heavy (non-hydrogen) atoms. The van der Waals surface area contributed by atoms with Crippen LogP contribution in [0.25, 0.3) is 0 Å². The molecule has 0 radical (unpaired) electrons. The van der Waals surface area contributed by atoms with Gasteiger partial charge in [0.15, 0.2) is 0 Å². The number of sulfonamides is 1. The summed E-state index contributed by atoms with van der Waals surface area (Å²) in [6, 6.07) is 14.0. The second-order valence-electron chi connectivity index (χ2n) is 6.85. The van der Waals surface area contributed by atoms with E-state index in [0.717, 1.165) is 30.5 Å². The highest BCUT2D eigenvalue weighted by molar-refractivity contribution is 7.89. The van der Waals surface area contributed by atoms with Crippen molar-refractivity contribution < 1.29 is 17.9 Å². The van der Waals surface area contributed by atoms with Crippen molar-refractivity contribution in [3.05, 3.63) is 59.7 Å². The predicted molar refractivity (Wildman–Crippen MR) is 102 cm³/mol. The molecule has 2 aromatic carbocycles. The molecule has 0 aromatic heterocycles. The Morgan fingerprint density at radius 1 is 1.15 bits per heavy atom. The Morgan fingerprint density at radius 2 is 1.93 bits per heavy atom. The summed E-state index contributed by atoms with van der Waals surface area (Å²) in [6.45, 7) is 1.59. The van der Waals surface area contributed by atoms with Crippen LogP contribution in [0.3, 0.4) is 0 Å². The first-order valence-electron chi connectivity index (χ1n) is 9.16. The SMILES string of the molecule is O=C(c1ccc(S(=O)(=O)NC[C@H]2CCCO2)cc1)N1CCc2ccccc21. The van der Waals surface area contributed by atoms with Gasteiger partial charge in [0.05, 0.1) is 11.0 Å². The zero-order chi connectivity index (χ0) is 18.9. The van der Waals surface area contributed by atoms with Gasteiger partial charge in [-0.05, 0) is 55.2 Å². The molecule has 1 amide bonds. The fourth-order valence-corrected chi connectivity index (χ4v) is 4.64. The van der Waals surface area contributed by atoms with Gasteiger partial charge in [-0.15, -0.1) is 0 Å². The van der Waals surface area contributed by atoms with Crippen LogP contribution < -0.4 is 9.62 Å². The van der Waals surface area contributed by atoms with Crippen molar-refractivity contribution >= 4 is 21.6 Å². The Balaban J connectivity index is 1.46. The lowest BCUT2D eigenvalue weighted by Gasteiger charge is -2.17. The van der Waals surface area contributed by atoms with Crippen LogP contribution in [0.1, 0.15) is 28.8 Å². The number of nitrogens with zero attached hydrogens (tertiary/aromatic N) is 1. The Kier molecular flexibility index (Phi) is 4.99. The molecule has 7 heteroatoms. The molecule has 0 saturated carbocycles. The summed E-state index contributed by atoms with van der Waals surface area (Å²) in [5.41, 5.74) is 2.56. The number of carbonyl (C=O) groups excluding carboxylic acids is 1. The fraction of sp³-hybridized carbons (Fsp3) is 0.350. The maximum Gasteiger partial charge on any atom is 0.258 e. The van der Waals surface area contributed by atoms with E-state index in [4.69, 9.17) is 4.74 Å². The lowest BCUT2D eigenvalue weighted by Crippen LogP contribution is -2.32. The average Bonchev–Trinajstić information content (AvgIpc) is 3.36. The van der Waals surface area contributed by atoms with E-state index in [0.29, 0.717) is 18.7 Å². The molecular weight excluding hydrogens is 364 g/mol. The van der Waals surface area contributed by atoms with Crippen LogP contribution >= 0.6 is 0 Å². The fourth-order valence-electron chi connectivity index (χ4n) is 3.57. The van der Waals surface area contributed by atoms with Gasteiger partial charge >= 0.3 is 0 Å². The second-order valence-corrected chi connectivity index (χ2v) is 8.61. The summed E-state index contributed by atoms with van der Waals surface area (Å²) in [7, 11) is -3.61. The largest absolute Gasteiger partial charge is 0.377 e. The van der Waals surface area contributed by atoms with Gasteiger partial charge < -0.3 is 9.64 Å². The van der Waals surface area contributed by atoms with Crippen LogP contribution in [0.15, 0.2) is 53.4 Å². The standard InChI is InChI=1S/C20H22N2O4S/c23-20(22-12-11-15-4-1-2-6-19(15)22)16-7-9-18(10-8-16)27(24,25)21-14-17-5-3-13-26-17/h1-2,4,6-10,17,21H,3,5,11-14H2/t17-/m1/s1. The Hall–Kier alpha value is -2.22. The van der Waals surface area contributed by atoms with Crippen molar-refractivity contribution in [2.45, 2.75) is 30.3 Å². The van der Waals surface area contributed by atoms with E-state index in [2.05, 4.69) is 4.72 Å². The van der Waals surface area contributed by atoms with E-state index in [1.165, 1.54) is 12.1 Å². The Bertz CT molecular complexity index is 935. The van der Waals surface area contributed by atoms with Gasteiger partial charge in [0.1, 0.15) is 0 Å². The minimum atomic E-state index is -3.61. The smallest absolute Gasteiger partial charge is 0.258 e. The molecule has 4 rings (SSSR count). The molecular formula is C20H22N2O4S. The number of para-hydroxylation sites is 1. The lowest BCUT2D eigenvalue weighted by atomic mass is 10.1. The van der Waals surface area contributed by atoms with Crippen molar-refractivity contribution in [3.63, 3.8) is 0 Å². The van der Waals surface area contributed by atoms with Gasteiger partial charge in [-0.1, -0.05) is 18.2 Å². The molecule has 2 aromatic rings. The molecule has 1 N–H and O–H groups in total. The van der Waals surface area contributed by atoms with Crippen molar-refractivity contribution in [3.8, 4) is 0 Å². The van der Waals surface area contributed by atoms with E-state index < -0.39 is 10.0 Å². The van der Waals surface area contributed by atoms with E-state index in [1.54, 1.807) is 17.0 Å². The molecule has 142 valence electrons. The van der Waals surface area contributed by atoms with Crippen molar-refractivity contribution in [2.75, 3.05) is 24.6 Å². The van der Waals surface area contributed by atoms with Crippen LogP contribution in [-0.4, -0.2) is 40.1 Å². The summed E-state index contributed by atoms with van der Waals surface area (Å²) < 4.78 is 32.9. The second kappa shape index (κ2) is 7.42. The van der Waals surface area contributed by atoms with Crippen molar-refractivity contribution in [2.24, 2.45) is 0 Å². The minimum Gasteiger partial charge on any atom is -0.377 e. The maximum absolute atomic E-state index is 12.8. The molecule has 1 saturated heterocycles. The van der Waals surface area contributed by atoms with Gasteiger partial charge in [-0.2, -0.15) is 0 Å². The predicted octanol–water partition coefficient (Wildman–Crippen LogP) is 2.35. The van der Waals surface area contributed by atoms with Gasteiger partial charge in [-0.3, -0.25) is 4.79 Å². The number of hydrogen-bond donors (Lipinski definition) is 1. The zero-order valence-electron chi connectivity index (χ0n) is 14.9. The van der Waals surface area contributed by atoms with Crippen molar-refractivity contribution in [1.82, 2.24) is 4.72 Å². The van der Waals surface area contributed by atoms with Crippen molar-refractivity contribution in [1.29, 1.82) is 0 Å². The molecule has 6 nitrogen and oxygen atoms in total. The lowest BCUT2D eigenvalue weighted by molar-refractivity contribution is 0.0989. The minimum absolute atomic E-state index is 0.0594. The van der Waals surface area contributed by atoms with E-state index >= 15 is 0 Å². The van der Waals surface area contributed by atoms with Crippen LogP contribution in [0.2, 0.25) is 0 Å². The third-order valence-electron chi connectivity index (χ3n) is 5.07. The topological polar surface area (TPSA) is 75.7 Å². The Labute approximate surface area is 159 Å². The van der Waals surface area contributed by atoms with Gasteiger partial charge in [0.25, 0.3) is 5.91 Å². The third kappa shape index (κ3) is 3.76. The molecule has 2 heterocycles. The first-order chi connectivity index (χ1) is 13.0. The number of carbonyl (C=O) groups is 1. The number of hydrogen-bond acceptors (Lipinski definition) is 4. The highest BCUT2D eigenvalue weighted by atomic mass is 32.2. The van der Waals surface area contributed by atoms with Crippen LogP contribution in [0, 0.1) is 0 Å². The summed E-state index contributed by atoms with van der Waals surface area (Å²) in [5.74, 6) is -0.115. The number of ether oxygens (including phenoxy) is 1. The number of nitrogens with one attached hydrogen (secondary N) is 1. The number of fused-ring (bicyclic) bond motifs is 1. The average molecular weight is 386 g/mol. The first-order valence-corrected chi connectivity index (χ1v) is 10.6. The maximum atomic E-state index is 12.8. The van der Waals surface area contributed by atoms with Gasteiger partial charge in [-0.25, -0.2) is 13.1 Å². The normalized spacial score (nSPS) is 19.3. The quantitative estimate of drug-likeness (QED) is 0.856. The molecule has 0 bridgehead atoms. The molecule has 2 aliphatic rings. The third-order valence-corrected chi connectivity index (χ3v) is 6.51. The monoisotopic (exact) mass is 386 g/mol. The molecule has 0 spiro atoms. The number of anilines is 1. The van der Waals surface area contributed by atoms with Gasteiger partial charge in [0.2, 0.25) is 10.0 Å². The molecule has 1 fully saturated rings. The molecule has 0 aliphatic carbocycles. The summed E-state index contributed by atoms with van der Waals surface area (Å²) in [5, 5.41) is 0. The van der Waals surface area contributed by atoms with E-state index in [9.17, 15) is 13.2 Å². The number of amides is 1. The number of rotatable bonds is 5. The molecule has 0 unspecified atom stereocenters. The molecule has 1 atom stereocenters. The highest BCUT2D eigenvalue weighted by Gasteiger charge is 2.26.